The van der Waals surface area contributed by atoms with Gasteiger partial charge in [-0.05, 0) is 18.8 Å². The van der Waals surface area contributed by atoms with E-state index in [9.17, 15) is 9.59 Å². The summed E-state index contributed by atoms with van der Waals surface area (Å²) in [5.74, 6) is -0.0791. The van der Waals surface area contributed by atoms with Gasteiger partial charge in [0.2, 0.25) is 0 Å². The van der Waals surface area contributed by atoms with Crippen LogP contribution in [0, 0.1) is 11.8 Å². The molecular weight excluding hydrogens is 258 g/mol. The third-order valence-corrected chi connectivity index (χ3v) is 3.70. The topological polar surface area (TPSA) is 64.6 Å². The lowest BCUT2D eigenvalue weighted by Gasteiger charge is -2.22. The lowest BCUT2D eigenvalue weighted by Crippen LogP contribution is -2.25. The zero-order valence-electron chi connectivity index (χ0n) is 12.6. The molecule has 0 aliphatic heterocycles. The normalized spacial score (nSPS) is 21.2. The van der Waals surface area contributed by atoms with E-state index < -0.39 is 0 Å². The van der Waals surface area contributed by atoms with Crippen molar-refractivity contribution in [2.24, 2.45) is 11.8 Å². The number of rotatable bonds is 8. The van der Waals surface area contributed by atoms with Crippen molar-refractivity contribution in [3.8, 4) is 0 Å². The van der Waals surface area contributed by atoms with Crippen molar-refractivity contribution in [3.05, 3.63) is 11.8 Å². The van der Waals surface area contributed by atoms with E-state index in [0.717, 1.165) is 31.4 Å². The first-order valence-corrected chi connectivity index (χ1v) is 7.28. The fraction of sp³-hybridized carbons (Fsp3) is 0.733. The minimum absolute atomic E-state index is 0.183. The second kappa shape index (κ2) is 8.61. The van der Waals surface area contributed by atoms with Crippen LogP contribution in [0.3, 0.4) is 0 Å². The molecule has 0 fully saturated rings. The Morgan fingerprint density at radius 3 is 2.75 bits per heavy atom. The Labute approximate surface area is 120 Å². The predicted octanol–water partition coefficient (Wildman–Crippen LogP) is 2.72. The zero-order chi connectivity index (χ0) is 15.0. The van der Waals surface area contributed by atoms with Gasteiger partial charge in [0.05, 0.1) is 7.11 Å². The van der Waals surface area contributed by atoms with E-state index >= 15 is 0 Å². The maximum atomic E-state index is 11.5. The largest absolute Gasteiger partial charge is 0.469 e. The molecule has 0 unspecified atom stereocenters. The van der Waals surface area contributed by atoms with E-state index in [1.54, 1.807) is 0 Å². The summed E-state index contributed by atoms with van der Waals surface area (Å²) in [6, 6.07) is 0. The highest BCUT2D eigenvalue weighted by molar-refractivity contribution is 5.69. The minimum atomic E-state index is -0.366. The molecule has 20 heavy (non-hydrogen) atoms. The van der Waals surface area contributed by atoms with E-state index in [-0.39, 0.29) is 23.8 Å². The fourth-order valence-corrected chi connectivity index (χ4v) is 2.62. The molecule has 0 heterocycles. The summed E-state index contributed by atoms with van der Waals surface area (Å²) in [6.07, 6.45) is 7.68. The van der Waals surface area contributed by atoms with Crippen LogP contribution in [0.5, 0.6) is 0 Å². The van der Waals surface area contributed by atoms with Gasteiger partial charge >= 0.3 is 11.9 Å². The number of hydrogen-bond donors (Lipinski definition) is 1. The van der Waals surface area contributed by atoms with E-state index in [2.05, 4.69) is 12.4 Å². The van der Waals surface area contributed by atoms with Gasteiger partial charge in [0.15, 0.2) is 0 Å². The Morgan fingerprint density at radius 2 is 2.15 bits per heavy atom. The number of carbonyl (C=O) groups excluding carboxylic acids is 2. The molecule has 5 heteroatoms. The highest BCUT2D eigenvalue weighted by atomic mass is 16.7. The molecule has 114 valence electrons. The van der Waals surface area contributed by atoms with Crippen LogP contribution in [0.2, 0.25) is 0 Å². The molecule has 0 saturated carbocycles. The molecule has 0 spiro atoms. The van der Waals surface area contributed by atoms with Crippen molar-refractivity contribution in [1.29, 1.82) is 0 Å². The molecule has 0 aromatic heterocycles. The minimum Gasteiger partial charge on any atom is -0.469 e. The summed E-state index contributed by atoms with van der Waals surface area (Å²) in [4.78, 5) is 27.2. The van der Waals surface area contributed by atoms with Crippen LogP contribution in [0.25, 0.3) is 0 Å². The van der Waals surface area contributed by atoms with Crippen molar-refractivity contribution in [2.45, 2.75) is 52.4 Å². The summed E-state index contributed by atoms with van der Waals surface area (Å²) < 4.78 is 4.75. The third-order valence-electron chi connectivity index (χ3n) is 3.70. The zero-order valence-corrected chi connectivity index (χ0v) is 12.6. The monoisotopic (exact) mass is 283 g/mol. The molecule has 1 aliphatic rings. The molecular formula is C15H25NO4. The molecule has 1 rings (SSSR count). The number of ether oxygens (including phenoxy) is 1. The maximum Gasteiger partial charge on any atom is 0.329 e. The number of allylic oxidation sites excluding steroid dienone is 2. The molecule has 1 aliphatic carbocycles. The molecule has 0 saturated heterocycles. The predicted molar refractivity (Wildman–Crippen MR) is 75.4 cm³/mol. The quantitative estimate of drug-likeness (QED) is 0.421. The van der Waals surface area contributed by atoms with Crippen molar-refractivity contribution in [2.75, 3.05) is 7.11 Å². The lowest BCUT2D eigenvalue weighted by atomic mass is 9.87. The van der Waals surface area contributed by atoms with Crippen LogP contribution in [0.1, 0.15) is 52.4 Å². The van der Waals surface area contributed by atoms with Crippen LogP contribution in [0.4, 0.5) is 0 Å². The molecule has 0 aromatic carbocycles. The van der Waals surface area contributed by atoms with E-state index in [4.69, 9.17) is 9.57 Å². The Kier molecular flexibility index (Phi) is 7.12. The smallest absolute Gasteiger partial charge is 0.329 e. The second-order valence-electron chi connectivity index (χ2n) is 5.23. The van der Waals surface area contributed by atoms with Crippen LogP contribution in [0.15, 0.2) is 11.8 Å². The number of hydroxylamine groups is 1. The second-order valence-corrected chi connectivity index (χ2v) is 5.23. The van der Waals surface area contributed by atoms with Gasteiger partial charge in [-0.25, -0.2) is 5.48 Å². The average molecular weight is 283 g/mol. The Morgan fingerprint density at radius 1 is 1.40 bits per heavy atom. The fourth-order valence-electron chi connectivity index (χ4n) is 2.62. The van der Waals surface area contributed by atoms with Crippen LogP contribution < -0.4 is 5.48 Å². The van der Waals surface area contributed by atoms with E-state index in [0.29, 0.717) is 6.42 Å². The van der Waals surface area contributed by atoms with Crippen LogP contribution in [-0.4, -0.2) is 19.0 Å². The van der Waals surface area contributed by atoms with E-state index in [1.807, 2.05) is 6.08 Å². The molecule has 0 amide bonds. The highest BCUT2D eigenvalue weighted by Gasteiger charge is 2.31. The number of methoxy groups -OCH3 is 1. The summed E-state index contributed by atoms with van der Waals surface area (Å²) in [7, 11) is 1.41. The number of hydrogen-bond acceptors (Lipinski definition) is 5. The van der Waals surface area contributed by atoms with Gasteiger partial charge in [0.25, 0.3) is 0 Å². The molecule has 1 N–H and O–H groups in total. The van der Waals surface area contributed by atoms with E-state index in [1.165, 1.54) is 20.5 Å². The Bertz CT molecular complexity index is 365. The summed E-state index contributed by atoms with van der Waals surface area (Å²) in [6.45, 7) is 3.52. The van der Waals surface area contributed by atoms with Gasteiger partial charge in [0.1, 0.15) is 0 Å². The standard InChI is InChI=1S/C15H25NO4/c1-4-5-6-7-13-12(10-15(18)19-3)8-9-14(13)16-20-11(2)17/h9,12-13,16H,4-8,10H2,1-3H3/t12-,13-/m1/s1. The number of esters is 1. The van der Waals surface area contributed by atoms with Gasteiger partial charge in [-0.1, -0.05) is 32.3 Å². The molecule has 0 aromatic rings. The molecule has 5 nitrogen and oxygen atoms in total. The summed E-state index contributed by atoms with van der Waals surface area (Å²) >= 11 is 0. The Hall–Kier alpha value is -1.52. The van der Waals surface area contributed by atoms with Gasteiger partial charge < -0.3 is 9.57 Å². The number of carbonyl (C=O) groups is 2. The lowest BCUT2D eigenvalue weighted by molar-refractivity contribution is -0.147. The van der Waals surface area contributed by atoms with Gasteiger partial charge in [-0.15, -0.1) is 0 Å². The van der Waals surface area contributed by atoms with Gasteiger partial charge in [0, 0.05) is 25.0 Å². The molecule has 0 radical (unpaired) electrons. The first kappa shape index (κ1) is 16.5. The van der Waals surface area contributed by atoms with Gasteiger partial charge in [-0.3, -0.25) is 9.59 Å². The van der Waals surface area contributed by atoms with Crippen LogP contribution in [-0.2, 0) is 19.2 Å². The van der Waals surface area contributed by atoms with Crippen LogP contribution >= 0.6 is 0 Å². The maximum absolute atomic E-state index is 11.5. The van der Waals surface area contributed by atoms with Crippen molar-refractivity contribution in [1.82, 2.24) is 5.48 Å². The average Bonchev–Trinajstić information content (AvgIpc) is 2.79. The number of unbranched alkanes of at least 4 members (excludes halogenated alkanes) is 2. The van der Waals surface area contributed by atoms with Crippen molar-refractivity contribution >= 4 is 11.9 Å². The SMILES string of the molecule is CCCCC[C@H]1C(NOC(C)=O)=CC[C@@H]1CC(=O)OC. The van der Waals surface area contributed by atoms with Crippen molar-refractivity contribution < 1.29 is 19.2 Å². The molecule has 2 atom stereocenters. The van der Waals surface area contributed by atoms with Gasteiger partial charge in [-0.2, -0.15) is 0 Å². The highest BCUT2D eigenvalue weighted by Crippen LogP contribution is 2.36. The summed E-state index contributed by atoms with van der Waals surface area (Å²) in [5.41, 5.74) is 3.66. The first-order valence-electron chi connectivity index (χ1n) is 7.28. The Balaban J connectivity index is 2.58. The summed E-state index contributed by atoms with van der Waals surface area (Å²) in [5, 5.41) is 0. The third kappa shape index (κ3) is 5.23. The number of nitrogens with one attached hydrogen (secondary N) is 1. The van der Waals surface area contributed by atoms with Crippen molar-refractivity contribution in [3.63, 3.8) is 0 Å². The molecule has 0 bridgehead atoms. The first-order chi connectivity index (χ1) is 9.58.